The Morgan fingerprint density at radius 1 is 1.08 bits per heavy atom. The van der Waals surface area contributed by atoms with Crippen LogP contribution < -0.4 is 0 Å². The molecule has 10 heteroatoms. The predicted octanol–water partition coefficient (Wildman–Crippen LogP) is 4.17. The van der Waals surface area contributed by atoms with Gasteiger partial charge in [0.15, 0.2) is 0 Å². The number of pyridine rings is 1. The third-order valence-electron chi connectivity index (χ3n) is 7.50. The number of fused-ring (bicyclic) bond motifs is 3. The van der Waals surface area contributed by atoms with Crippen LogP contribution in [0.15, 0.2) is 29.0 Å². The second-order valence-corrected chi connectivity index (χ2v) is 10.8. The quantitative estimate of drug-likeness (QED) is 0.383. The van der Waals surface area contributed by atoms with Crippen molar-refractivity contribution >= 4 is 22.1 Å². The molecule has 5 aromatic heterocycles. The van der Waals surface area contributed by atoms with Gasteiger partial charge in [0.1, 0.15) is 28.1 Å². The maximum atomic E-state index is 11.2. The molecule has 1 saturated heterocycles. The number of aromatic nitrogens is 7. The first-order valence-corrected chi connectivity index (χ1v) is 12.7. The summed E-state index contributed by atoms with van der Waals surface area (Å²) in [4.78, 5) is 4.96. The van der Waals surface area contributed by atoms with Crippen LogP contribution in [0.25, 0.3) is 33.3 Å². The molecule has 1 unspecified atom stereocenters. The lowest BCUT2D eigenvalue weighted by Crippen LogP contribution is -2.27. The molecule has 0 aromatic carbocycles. The maximum Gasteiger partial charge on any atom is 0.127 e. The molecule has 1 aliphatic rings. The maximum absolute atomic E-state index is 11.2. The molecule has 6 heterocycles. The molecule has 0 bridgehead atoms. The summed E-state index contributed by atoms with van der Waals surface area (Å²) in [6, 6.07) is 4.15. The topological polar surface area (TPSA) is 109 Å². The highest BCUT2D eigenvalue weighted by atomic mass is 16.5. The SMILES string of the molecule is Cc1coc(C(C2CCOCC2)n2c3cc(-c4c(C)nnn4C)cnc3c3c2c(C(C)(C)O)nn3C)c1. The zero-order valence-corrected chi connectivity index (χ0v) is 22.2. The number of rotatable bonds is 5. The molecule has 6 rings (SSSR count). The standard InChI is InChI=1S/C27H33N7O3/c1-15-11-20(37-14-15)23(17-7-9-36-10-8-17)34-19-12-18(22-16(2)29-31-33(22)6)13-28-21(19)24-25(34)26(27(3,4)35)30-32(24)5/h11-14,17,23,35H,7-10H2,1-6H3. The van der Waals surface area contributed by atoms with Crippen LogP contribution in [-0.4, -0.2) is 52.6 Å². The Morgan fingerprint density at radius 3 is 2.46 bits per heavy atom. The van der Waals surface area contributed by atoms with E-state index in [0.717, 1.165) is 63.2 Å². The monoisotopic (exact) mass is 503 g/mol. The molecule has 1 N–H and O–H groups in total. The van der Waals surface area contributed by atoms with E-state index < -0.39 is 5.60 Å². The van der Waals surface area contributed by atoms with Crippen LogP contribution in [0, 0.1) is 19.8 Å². The minimum Gasteiger partial charge on any atom is -0.467 e. The average molecular weight is 504 g/mol. The Balaban J connectivity index is 1.73. The van der Waals surface area contributed by atoms with Crippen LogP contribution in [0.3, 0.4) is 0 Å². The summed E-state index contributed by atoms with van der Waals surface area (Å²) in [7, 11) is 3.80. The molecule has 37 heavy (non-hydrogen) atoms. The van der Waals surface area contributed by atoms with E-state index in [0.29, 0.717) is 18.9 Å². The van der Waals surface area contributed by atoms with E-state index >= 15 is 0 Å². The van der Waals surface area contributed by atoms with Crippen LogP contribution in [0.2, 0.25) is 0 Å². The van der Waals surface area contributed by atoms with Gasteiger partial charge in [-0.15, -0.1) is 5.10 Å². The Kier molecular flexibility index (Phi) is 5.50. The molecule has 1 atom stereocenters. The average Bonchev–Trinajstić information content (AvgIpc) is 3.60. The Labute approximate surface area is 214 Å². The normalized spacial score (nSPS) is 16.3. The van der Waals surface area contributed by atoms with Gasteiger partial charge in [0.25, 0.3) is 0 Å². The van der Waals surface area contributed by atoms with Gasteiger partial charge in [-0.05, 0) is 64.2 Å². The molecular weight excluding hydrogens is 470 g/mol. The van der Waals surface area contributed by atoms with Gasteiger partial charge in [0.05, 0.1) is 34.7 Å². The molecular formula is C27H33N7O3. The Morgan fingerprint density at radius 2 is 1.84 bits per heavy atom. The van der Waals surface area contributed by atoms with Crippen molar-refractivity contribution in [2.45, 2.75) is 52.2 Å². The smallest absolute Gasteiger partial charge is 0.127 e. The second-order valence-electron chi connectivity index (χ2n) is 10.8. The zero-order chi connectivity index (χ0) is 26.1. The highest BCUT2D eigenvalue weighted by molar-refractivity contribution is 6.06. The Hall–Kier alpha value is -3.50. The van der Waals surface area contributed by atoms with E-state index in [-0.39, 0.29) is 12.0 Å². The summed E-state index contributed by atoms with van der Waals surface area (Å²) in [5.74, 6) is 1.16. The fraction of sp³-hybridized carbons (Fsp3) is 0.481. The van der Waals surface area contributed by atoms with Crippen LogP contribution in [0.5, 0.6) is 0 Å². The van der Waals surface area contributed by atoms with E-state index in [4.69, 9.17) is 19.2 Å². The predicted molar refractivity (Wildman–Crippen MR) is 139 cm³/mol. The molecule has 0 radical (unpaired) electrons. The van der Waals surface area contributed by atoms with E-state index in [9.17, 15) is 5.11 Å². The number of hydrogen-bond donors (Lipinski definition) is 1. The van der Waals surface area contributed by atoms with E-state index in [1.165, 1.54) is 0 Å². The molecule has 5 aromatic rings. The number of aryl methyl sites for hydroxylation is 4. The van der Waals surface area contributed by atoms with Gasteiger partial charge in [0.2, 0.25) is 0 Å². The first kappa shape index (κ1) is 23.9. The molecule has 1 fully saturated rings. The number of nitrogens with zero attached hydrogens (tertiary/aromatic N) is 7. The summed E-state index contributed by atoms with van der Waals surface area (Å²) in [6.45, 7) is 8.97. The molecule has 10 nitrogen and oxygen atoms in total. The van der Waals surface area contributed by atoms with Crippen molar-refractivity contribution in [2.24, 2.45) is 20.0 Å². The van der Waals surface area contributed by atoms with Crippen molar-refractivity contribution in [3.63, 3.8) is 0 Å². The van der Waals surface area contributed by atoms with Crippen LogP contribution in [0.1, 0.15) is 55.4 Å². The second kappa shape index (κ2) is 8.53. The van der Waals surface area contributed by atoms with Crippen LogP contribution in [0.4, 0.5) is 0 Å². The van der Waals surface area contributed by atoms with Crippen molar-refractivity contribution in [1.82, 2.24) is 34.3 Å². The minimum atomic E-state index is -1.16. The van der Waals surface area contributed by atoms with Crippen molar-refractivity contribution in [3.8, 4) is 11.3 Å². The molecule has 0 saturated carbocycles. The summed E-state index contributed by atoms with van der Waals surface area (Å²) in [6.07, 6.45) is 5.48. The van der Waals surface area contributed by atoms with Crippen LogP contribution in [-0.2, 0) is 24.4 Å². The summed E-state index contributed by atoms with van der Waals surface area (Å²) >= 11 is 0. The van der Waals surface area contributed by atoms with Gasteiger partial charge in [-0.25, -0.2) is 4.68 Å². The van der Waals surface area contributed by atoms with Gasteiger partial charge in [-0.1, -0.05) is 5.21 Å². The van der Waals surface area contributed by atoms with Crippen molar-refractivity contribution in [2.75, 3.05) is 13.2 Å². The summed E-state index contributed by atoms with van der Waals surface area (Å²) < 4.78 is 17.8. The number of ether oxygens (including phenoxy) is 1. The summed E-state index contributed by atoms with van der Waals surface area (Å²) in [5.41, 5.74) is 6.77. The van der Waals surface area contributed by atoms with Gasteiger partial charge < -0.3 is 18.8 Å². The lowest BCUT2D eigenvalue weighted by Gasteiger charge is -2.31. The highest BCUT2D eigenvalue weighted by Gasteiger charge is 2.36. The van der Waals surface area contributed by atoms with Gasteiger partial charge >= 0.3 is 0 Å². The fourth-order valence-corrected chi connectivity index (χ4v) is 5.84. The number of furan rings is 1. The lowest BCUT2D eigenvalue weighted by molar-refractivity contribution is 0.0520. The lowest BCUT2D eigenvalue weighted by atomic mass is 9.89. The van der Waals surface area contributed by atoms with Gasteiger partial charge in [0, 0.05) is 39.1 Å². The van der Waals surface area contributed by atoms with Gasteiger partial charge in [-0.3, -0.25) is 9.67 Å². The van der Waals surface area contributed by atoms with Crippen molar-refractivity contribution in [3.05, 3.63) is 47.3 Å². The van der Waals surface area contributed by atoms with Crippen molar-refractivity contribution < 1.29 is 14.3 Å². The third kappa shape index (κ3) is 3.77. The minimum absolute atomic E-state index is 0.120. The van der Waals surface area contributed by atoms with E-state index in [1.54, 1.807) is 24.8 Å². The molecule has 0 amide bonds. The highest BCUT2D eigenvalue weighted by Crippen LogP contribution is 2.43. The number of hydrogen-bond acceptors (Lipinski definition) is 7. The van der Waals surface area contributed by atoms with Crippen molar-refractivity contribution in [1.29, 1.82) is 0 Å². The molecule has 0 spiro atoms. The molecule has 1 aliphatic heterocycles. The third-order valence-corrected chi connectivity index (χ3v) is 7.50. The largest absolute Gasteiger partial charge is 0.467 e. The first-order chi connectivity index (χ1) is 17.6. The summed E-state index contributed by atoms with van der Waals surface area (Å²) in [5, 5.41) is 24.5. The fourth-order valence-electron chi connectivity index (χ4n) is 5.84. The zero-order valence-electron chi connectivity index (χ0n) is 22.2. The van der Waals surface area contributed by atoms with E-state index in [1.807, 2.05) is 38.8 Å². The van der Waals surface area contributed by atoms with E-state index in [2.05, 4.69) is 27.0 Å². The molecule has 0 aliphatic carbocycles. The Bertz CT molecular complexity index is 1590. The van der Waals surface area contributed by atoms with Crippen LogP contribution >= 0.6 is 0 Å². The molecule has 194 valence electrons. The first-order valence-electron chi connectivity index (χ1n) is 12.7. The van der Waals surface area contributed by atoms with Gasteiger partial charge in [-0.2, -0.15) is 5.10 Å². The number of aliphatic hydroxyl groups is 1.